The van der Waals surface area contributed by atoms with Crippen molar-refractivity contribution in [2.75, 3.05) is 40.3 Å². The Morgan fingerprint density at radius 1 is 0.967 bits per heavy atom. The number of ether oxygens (including phenoxy) is 1. The molecule has 30 heavy (non-hydrogen) atoms. The Morgan fingerprint density at radius 3 is 2.60 bits per heavy atom. The Bertz CT molecular complexity index is 540. The molecule has 0 heterocycles. The minimum Gasteiger partial charge on any atom is -0.378 e. The number of nitrogens with two attached hydrogens (primary N) is 1. The van der Waals surface area contributed by atoms with Gasteiger partial charge in [0, 0.05) is 12.6 Å². The van der Waals surface area contributed by atoms with Crippen molar-refractivity contribution < 1.29 is 4.74 Å². The van der Waals surface area contributed by atoms with E-state index in [1.54, 1.807) is 0 Å². The van der Waals surface area contributed by atoms with Crippen molar-refractivity contribution in [1.29, 1.82) is 0 Å². The van der Waals surface area contributed by atoms with Crippen molar-refractivity contribution in [2.24, 2.45) is 40.7 Å². The third-order valence-electron chi connectivity index (χ3n) is 9.78. The van der Waals surface area contributed by atoms with Gasteiger partial charge in [0.2, 0.25) is 0 Å². The van der Waals surface area contributed by atoms with Crippen LogP contribution in [0.2, 0.25) is 0 Å². The molecule has 0 radical (unpaired) electrons. The van der Waals surface area contributed by atoms with Gasteiger partial charge in [-0.2, -0.15) is 0 Å². The van der Waals surface area contributed by atoms with Gasteiger partial charge in [-0.25, -0.2) is 0 Å². The standard InChI is InChI=1S/C26H49N3O/c1-26-13-12-22-21-9-7-20(30-17-5-16-29(2)3)18-19(21)6-8-23(22)24(26)10-11-25(26)28-15-4-14-27/h19-25,28H,4-18,27H2,1-3H3/t19-,20-,21?,22?,23?,24?,25?,26-/m0/s1. The maximum Gasteiger partial charge on any atom is 0.0578 e. The number of hydrogen-bond acceptors (Lipinski definition) is 4. The molecule has 5 unspecified atom stereocenters. The van der Waals surface area contributed by atoms with Gasteiger partial charge in [0.15, 0.2) is 0 Å². The summed E-state index contributed by atoms with van der Waals surface area (Å²) in [7, 11) is 4.31. The monoisotopic (exact) mass is 419 g/mol. The third-order valence-corrected chi connectivity index (χ3v) is 9.78. The highest BCUT2D eigenvalue weighted by Crippen LogP contribution is 2.62. The minimum absolute atomic E-state index is 0.537. The first-order valence-electron chi connectivity index (χ1n) is 13.2. The number of hydrogen-bond donors (Lipinski definition) is 2. The summed E-state index contributed by atoms with van der Waals surface area (Å²) in [6.07, 6.45) is 15.7. The Kier molecular flexibility index (Phi) is 7.82. The summed E-state index contributed by atoms with van der Waals surface area (Å²) in [5.74, 6) is 4.93. The van der Waals surface area contributed by atoms with Crippen molar-refractivity contribution in [1.82, 2.24) is 10.2 Å². The van der Waals surface area contributed by atoms with Crippen LogP contribution in [0.4, 0.5) is 0 Å². The van der Waals surface area contributed by atoms with E-state index < -0.39 is 0 Å². The van der Waals surface area contributed by atoms with E-state index in [2.05, 4.69) is 31.2 Å². The molecule has 4 aliphatic carbocycles. The molecule has 0 saturated heterocycles. The first-order chi connectivity index (χ1) is 14.5. The summed E-state index contributed by atoms with van der Waals surface area (Å²) >= 11 is 0. The Balaban J connectivity index is 1.30. The third kappa shape index (κ3) is 4.77. The molecule has 4 nitrogen and oxygen atoms in total. The Morgan fingerprint density at radius 2 is 1.80 bits per heavy atom. The van der Waals surface area contributed by atoms with E-state index in [1.165, 1.54) is 64.2 Å². The van der Waals surface area contributed by atoms with Crippen molar-refractivity contribution >= 4 is 0 Å². The molecule has 0 bridgehead atoms. The molecular formula is C26H49N3O. The lowest BCUT2D eigenvalue weighted by molar-refractivity contribution is -0.0847. The van der Waals surface area contributed by atoms with Gasteiger partial charge in [-0.3, -0.25) is 0 Å². The van der Waals surface area contributed by atoms with Gasteiger partial charge >= 0.3 is 0 Å². The van der Waals surface area contributed by atoms with Gasteiger partial charge in [-0.15, -0.1) is 0 Å². The fraction of sp³-hybridized carbons (Fsp3) is 1.00. The first kappa shape index (κ1) is 23.0. The number of fused-ring (bicyclic) bond motifs is 5. The maximum absolute atomic E-state index is 6.32. The molecule has 0 aromatic rings. The molecule has 3 N–H and O–H groups in total. The first-order valence-corrected chi connectivity index (χ1v) is 13.2. The molecule has 0 aliphatic heterocycles. The fourth-order valence-electron chi connectivity index (χ4n) is 8.31. The number of rotatable bonds is 9. The van der Waals surface area contributed by atoms with Gasteiger partial charge < -0.3 is 20.7 Å². The van der Waals surface area contributed by atoms with E-state index in [0.29, 0.717) is 11.5 Å². The number of nitrogens with zero attached hydrogens (tertiary/aromatic N) is 1. The molecule has 4 fully saturated rings. The molecular weight excluding hydrogens is 370 g/mol. The molecule has 4 aliphatic rings. The van der Waals surface area contributed by atoms with Crippen LogP contribution in [-0.2, 0) is 4.74 Å². The van der Waals surface area contributed by atoms with Crippen LogP contribution in [0.15, 0.2) is 0 Å². The largest absolute Gasteiger partial charge is 0.378 e. The van der Waals surface area contributed by atoms with Crippen LogP contribution in [-0.4, -0.2) is 57.4 Å². The summed E-state index contributed by atoms with van der Waals surface area (Å²) in [4.78, 5) is 2.26. The van der Waals surface area contributed by atoms with Gasteiger partial charge in [-0.1, -0.05) is 6.92 Å². The molecule has 0 spiro atoms. The number of nitrogens with one attached hydrogen (secondary N) is 1. The predicted octanol–water partition coefficient (Wildman–Crippen LogP) is 4.28. The lowest BCUT2D eigenvalue weighted by Gasteiger charge is -2.56. The van der Waals surface area contributed by atoms with Crippen LogP contribution in [0.1, 0.15) is 77.6 Å². The van der Waals surface area contributed by atoms with Crippen LogP contribution >= 0.6 is 0 Å². The highest BCUT2D eigenvalue weighted by Gasteiger charge is 2.56. The lowest BCUT2D eigenvalue weighted by atomic mass is 9.50. The normalized spacial score (nSPS) is 43.3. The van der Waals surface area contributed by atoms with E-state index in [1.807, 2.05) is 0 Å². The Labute approximate surface area is 186 Å². The van der Waals surface area contributed by atoms with Crippen molar-refractivity contribution in [2.45, 2.75) is 89.7 Å². The topological polar surface area (TPSA) is 50.5 Å². The van der Waals surface area contributed by atoms with E-state index in [-0.39, 0.29) is 0 Å². The van der Waals surface area contributed by atoms with Crippen LogP contribution < -0.4 is 11.1 Å². The van der Waals surface area contributed by atoms with Gasteiger partial charge in [-0.05, 0) is 139 Å². The molecule has 4 rings (SSSR count). The summed E-state index contributed by atoms with van der Waals surface area (Å²) in [5.41, 5.74) is 6.27. The second-order valence-corrected chi connectivity index (χ2v) is 11.7. The summed E-state index contributed by atoms with van der Waals surface area (Å²) < 4.78 is 6.32. The summed E-state index contributed by atoms with van der Waals surface area (Å²) in [6.45, 7) is 6.65. The maximum atomic E-state index is 6.32. The zero-order valence-electron chi connectivity index (χ0n) is 20.1. The van der Waals surface area contributed by atoms with Gasteiger partial charge in [0.1, 0.15) is 0 Å². The quantitative estimate of drug-likeness (QED) is 0.548. The van der Waals surface area contributed by atoms with E-state index in [4.69, 9.17) is 10.5 Å². The minimum atomic E-state index is 0.537. The predicted molar refractivity (Wildman–Crippen MR) is 125 cm³/mol. The second-order valence-electron chi connectivity index (χ2n) is 11.7. The lowest BCUT2D eigenvalue weighted by Crippen LogP contribution is -2.52. The SMILES string of the molecule is CN(C)CCCO[C@H]1CCC2C3CC[C@]4(C)C(NCCCN)CCC4C3CC[C@H]2C1. The van der Waals surface area contributed by atoms with Crippen molar-refractivity contribution in [3.63, 3.8) is 0 Å². The zero-order valence-corrected chi connectivity index (χ0v) is 20.1. The molecule has 4 heteroatoms. The zero-order chi connectivity index (χ0) is 21.1. The van der Waals surface area contributed by atoms with Crippen LogP contribution in [0.3, 0.4) is 0 Å². The van der Waals surface area contributed by atoms with E-state index in [0.717, 1.165) is 68.3 Å². The van der Waals surface area contributed by atoms with Gasteiger partial charge in [0.05, 0.1) is 6.10 Å². The molecule has 8 atom stereocenters. The molecule has 0 aromatic heterocycles. The van der Waals surface area contributed by atoms with E-state index in [9.17, 15) is 0 Å². The van der Waals surface area contributed by atoms with Crippen LogP contribution in [0, 0.1) is 35.0 Å². The average Bonchev–Trinajstić information content (AvgIpc) is 3.07. The average molecular weight is 420 g/mol. The fourth-order valence-corrected chi connectivity index (χ4v) is 8.31. The molecule has 174 valence electrons. The van der Waals surface area contributed by atoms with Crippen LogP contribution in [0.25, 0.3) is 0 Å². The second kappa shape index (κ2) is 10.2. The van der Waals surface area contributed by atoms with Crippen molar-refractivity contribution in [3.8, 4) is 0 Å². The molecule has 0 amide bonds. The van der Waals surface area contributed by atoms with Crippen LogP contribution in [0.5, 0.6) is 0 Å². The smallest absolute Gasteiger partial charge is 0.0578 e. The molecule has 4 saturated carbocycles. The molecule has 0 aromatic carbocycles. The Hall–Kier alpha value is -0.160. The highest BCUT2D eigenvalue weighted by atomic mass is 16.5. The van der Waals surface area contributed by atoms with E-state index >= 15 is 0 Å². The van der Waals surface area contributed by atoms with Crippen molar-refractivity contribution in [3.05, 3.63) is 0 Å². The van der Waals surface area contributed by atoms with Gasteiger partial charge in [0.25, 0.3) is 0 Å². The summed E-state index contributed by atoms with van der Waals surface area (Å²) in [5, 5.41) is 3.91. The summed E-state index contributed by atoms with van der Waals surface area (Å²) in [6, 6.07) is 0.735. The highest BCUT2D eigenvalue weighted by molar-refractivity contribution is 5.08.